The van der Waals surface area contributed by atoms with Gasteiger partial charge >= 0.3 is 17.6 Å². The van der Waals surface area contributed by atoms with Gasteiger partial charge in [-0.25, -0.2) is 14.4 Å². The number of para-hydroxylation sites is 1. The van der Waals surface area contributed by atoms with E-state index in [1.54, 1.807) is 30.3 Å². The molecule has 1 aliphatic rings. The summed E-state index contributed by atoms with van der Waals surface area (Å²) in [4.78, 5) is 77.9. The molecule has 2 aromatic carbocycles. The molecule has 0 bridgehead atoms. The van der Waals surface area contributed by atoms with Crippen LogP contribution in [0.25, 0.3) is 10.9 Å². The molecule has 236 valence electrons. The third-order valence-electron chi connectivity index (χ3n) is 6.70. The zero-order valence-corrected chi connectivity index (χ0v) is 24.6. The largest absolute Gasteiger partial charge is 0.477 e. The lowest BCUT2D eigenvalue weighted by Crippen LogP contribution is -2.44. The van der Waals surface area contributed by atoms with Crippen LogP contribution in [-0.2, 0) is 20.7 Å². The van der Waals surface area contributed by atoms with Gasteiger partial charge in [-0.15, -0.1) is 0 Å². The molecular formula is C30H30ClN5O9. The molecular weight excluding hydrogens is 610 g/mol. The number of H-pyrrole nitrogens is 3. The van der Waals surface area contributed by atoms with Crippen molar-refractivity contribution in [2.45, 2.75) is 12.5 Å². The zero-order valence-electron chi connectivity index (χ0n) is 23.8. The number of carbonyl (C=O) groups is 3. The first-order valence-electron chi connectivity index (χ1n) is 13.8. The van der Waals surface area contributed by atoms with Crippen molar-refractivity contribution in [3.05, 3.63) is 114 Å². The van der Waals surface area contributed by atoms with Gasteiger partial charge in [0.1, 0.15) is 18.3 Å². The molecule has 1 atom stereocenters. The normalized spacial score (nSPS) is 13.7. The molecule has 2 aromatic heterocycles. The van der Waals surface area contributed by atoms with Gasteiger partial charge in [0.15, 0.2) is 0 Å². The van der Waals surface area contributed by atoms with Crippen molar-refractivity contribution in [1.82, 2.24) is 25.2 Å². The lowest BCUT2D eigenvalue weighted by molar-refractivity contribution is -0.146. The van der Waals surface area contributed by atoms with E-state index in [1.165, 1.54) is 6.07 Å². The van der Waals surface area contributed by atoms with Crippen molar-refractivity contribution in [2.75, 3.05) is 39.5 Å². The molecule has 1 unspecified atom stereocenters. The molecule has 4 aromatic rings. The first kappa shape index (κ1) is 32.9. The van der Waals surface area contributed by atoms with E-state index in [1.807, 2.05) is 28.2 Å². The Labute approximate surface area is 260 Å². The second-order valence-corrected chi connectivity index (χ2v) is 10.3. The fourth-order valence-electron chi connectivity index (χ4n) is 4.49. The number of fused-ring (bicyclic) bond motifs is 1. The van der Waals surface area contributed by atoms with E-state index in [4.69, 9.17) is 26.2 Å². The van der Waals surface area contributed by atoms with Gasteiger partial charge in [0.25, 0.3) is 11.5 Å². The molecule has 1 amide bonds. The van der Waals surface area contributed by atoms with Crippen LogP contribution >= 0.6 is 11.6 Å². The SMILES string of the molecule is O=C(NC(Cc1cc(=O)[nH]c2ccccc12)C(=O)OCCN1CCOCC1)c1ccc(Cl)cc1.O=C(O)c1cc(=O)[nH]c(=O)[nH]1. The number of nitrogens with zero attached hydrogens (tertiary/aromatic N) is 1. The van der Waals surface area contributed by atoms with Crippen LogP contribution in [-0.4, -0.2) is 88.3 Å². The number of nitrogens with one attached hydrogen (secondary N) is 4. The van der Waals surface area contributed by atoms with E-state index in [2.05, 4.69) is 15.2 Å². The quantitative estimate of drug-likeness (QED) is 0.165. The number of hydrogen-bond donors (Lipinski definition) is 5. The summed E-state index contributed by atoms with van der Waals surface area (Å²) in [6.07, 6.45) is 0.111. The predicted octanol–water partition coefficient (Wildman–Crippen LogP) is 1.16. The minimum atomic E-state index is -1.34. The number of rotatable bonds is 9. The number of carbonyl (C=O) groups excluding carboxylic acids is 2. The van der Waals surface area contributed by atoms with Crippen molar-refractivity contribution in [1.29, 1.82) is 0 Å². The summed E-state index contributed by atoms with van der Waals surface area (Å²) >= 11 is 5.92. The Balaban J connectivity index is 0.000000354. The highest BCUT2D eigenvalue weighted by Gasteiger charge is 2.25. The lowest BCUT2D eigenvalue weighted by Gasteiger charge is -2.26. The van der Waals surface area contributed by atoms with Crippen LogP contribution in [0.15, 0.2) is 75.0 Å². The molecule has 1 fully saturated rings. The predicted molar refractivity (Wildman–Crippen MR) is 164 cm³/mol. The summed E-state index contributed by atoms with van der Waals surface area (Å²) in [5, 5.41) is 12.4. The van der Waals surface area contributed by atoms with Crippen LogP contribution in [0.1, 0.15) is 26.4 Å². The first-order chi connectivity index (χ1) is 21.6. The highest BCUT2D eigenvalue weighted by atomic mass is 35.5. The number of aromatic amines is 3. The highest BCUT2D eigenvalue weighted by molar-refractivity contribution is 6.30. The van der Waals surface area contributed by atoms with Crippen molar-refractivity contribution < 1.29 is 29.0 Å². The molecule has 15 heteroatoms. The molecule has 1 saturated heterocycles. The van der Waals surface area contributed by atoms with Crippen molar-refractivity contribution in [3.63, 3.8) is 0 Å². The van der Waals surface area contributed by atoms with E-state index in [9.17, 15) is 28.8 Å². The van der Waals surface area contributed by atoms with Crippen molar-refractivity contribution >= 4 is 40.3 Å². The molecule has 0 saturated carbocycles. The van der Waals surface area contributed by atoms with E-state index >= 15 is 0 Å². The minimum Gasteiger partial charge on any atom is -0.477 e. The number of hydrogen-bond acceptors (Lipinski definition) is 9. The second kappa shape index (κ2) is 15.6. The van der Waals surface area contributed by atoms with Gasteiger partial charge in [-0.1, -0.05) is 29.8 Å². The Morgan fingerprint density at radius 3 is 2.33 bits per heavy atom. The fourth-order valence-corrected chi connectivity index (χ4v) is 4.61. The Bertz CT molecular complexity index is 1800. The molecule has 5 rings (SSSR count). The Hall–Kier alpha value is -5.05. The van der Waals surface area contributed by atoms with Crippen LogP contribution in [0.4, 0.5) is 0 Å². The standard InChI is InChI=1S/C25H26ClN3O5.C5H4N2O4/c26-19-7-5-17(6-8-19)24(31)28-22(25(32)34-14-11-29-9-12-33-13-10-29)15-18-16-23(30)27-21-4-2-1-3-20(18)21;8-3-1-2(4(9)10)6-5(11)7-3/h1-8,16,22H,9-15H2,(H,27,30)(H,28,31);1H,(H,9,10)(H2,6,7,8,11). The molecule has 45 heavy (non-hydrogen) atoms. The molecule has 5 N–H and O–H groups in total. The maximum atomic E-state index is 13.0. The number of halogens is 1. The number of amides is 1. The molecule has 0 radical (unpaired) electrons. The summed E-state index contributed by atoms with van der Waals surface area (Å²) in [5.74, 6) is -2.32. The number of aromatic nitrogens is 3. The van der Waals surface area contributed by atoms with Crippen molar-refractivity contribution in [3.8, 4) is 0 Å². The van der Waals surface area contributed by atoms with Gasteiger partial charge in [-0.05, 0) is 35.9 Å². The topological polar surface area (TPSA) is 204 Å². The fraction of sp³-hybridized carbons (Fsp3) is 0.267. The van der Waals surface area contributed by atoms with Crippen LogP contribution in [0, 0.1) is 0 Å². The van der Waals surface area contributed by atoms with Crippen LogP contribution in [0.2, 0.25) is 5.02 Å². The summed E-state index contributed by atoms with van der Waals surface area (Å²) in [6.45, 7) is 3.66. The zero-order chi connectivity index (χ0) is 32.3. The van der Waals surface area contributed by atoms with E-state index in [0.717, 1.165) is 24.5 Å². The first-order valence-corrected chi connectivity index (χ1v) is 14.2. The summed E-state index contributed by atoms with van der Waals surface area (Å²) < 4.78 is 10.9. The Morgan fingerprint density at radius 1 is 0.956 bits per heavy atom. The van der Waals surface area contributed by atoms with E-state index in [-0.39, 0.29) is 18.6 Å². The van der Waals surface area contributed by atoms with Crippen LogP contribution < -0.4 is 22.1 Å². The van der Waals surface area contributed by atoms with Gasteiger partial charge in [0, 0.05) is 59.7 Å². The van der Waals surface area contributed by atoms with E-state index in [0.29, 0.717) is 41.4 Å². The summed E-state index contributed by atoms with van der Waals surface area (Å²) in [7, 11) is 0. The van der Waals surface area contributed by atoms with Crippen molar-refractivity contribution in [2.24, 2.45) is 0 Å². The molecule has 3 heterocycles. The number of esters is 1. The molecule has 1 aliphatic heterocycles. The number of carboxylic acids is 1. The number of morpholine rings is 1. The Morgan fingerprint density at radius 2 is 1.64 bits per heavy atom. The number of benzene rings is 2. The van der Waals surface area contributed by atoms with Gasteiger partial charge in [-0.3, -0.25) is 24.3 Å². The number of ether oxygens (including phenoxy) is 2. The second-order valence-electron chi connectivity index (χ2n) is 9.87. The number of pyridine rings is 1. The Kier molecular flexibility index (Phi) is 11.4. The maximum Gasteiger partial charge on any atom is 0.352 e. The third kappa shape index (κ3) is 9.72. The average molecular weight is 640 g/mol. The minimum absolute atomic E-state index is 0.111. The van der Waals surface area contributed by atoms with Gasteiger partial charge < -0.3 is 29.9 Å². The van der Waals surface area contributed by atoms with E-state index < -0.39 is 40.8 Å². The number of aromatic carboxylic acids is 1. The molecule has 14 nitrogen and oxygen atoms in total. The summed E-state index contributed by atoms with van der Waals surface area (Å²) in [5.41, 5.74) is -0.581. The average Bonchev–Trinajstić information content (AvgIpc) is 3.01. The monoisotopic (exact) mass is 639 g/mol. The van der Waals surface area contributed by atoms with Crippen LogP contribution in [0.5, 0.6) is 0 Å². The number of carboxylic acid groups (broad SMARTS) is 1. The van der Waals surface area contributed by atoms with Gasteiger partial charge in [-0.2, -0.15) is 0 Å². The summed E-state index contributed by atoms with van der Waals surface area (Å²) in [6, 6.07) is 15.0. The smallest absolute Gasteiger partial charge is 0.352 e. The maximum absolute atomic E-state index is 13.0. The van der Waals surface area contributed by atoms with Gasteiger partial charge in [0.2, 0.25) is 5.56 Å². The molecule has 0 spiro atoms. The lowest BCUT2D eigenvalue weighted by atomic mass is 10.0. The molecule has 0 aliphatic carbocycles. The van der Waals surface area contributed by atoms with Crippen LogP contribution in [0.3, 0.4) is 0 Å². The highest BCUT2D eigenvalue weighted by Crippen LogP contribution is 2.17. The van der Waals surface area contributed by atoms with Gasteiger partial charge in [0.05, 0.1) is 13.2 Å². The third-order valence-corrected chi connectivity index (χ3v) is 6.95.